The van der Waals surface area contributed by atoms with Crippen molar-refractivity contribution in [3.05, 3.63) is 11.6 Å². The molecule has 0 amide bonds. The lowest BCUT2D eigenvalue weighted by Crippen LogP contribution is -2.33. The molecule has 2 N–H and O–H groups in total. The van der Waals surface area contributed by atoms with E-state index in [0.717, 1.165) is 25.3 Å². The van der Waals surface area contributed by atoms with Crippen molar-refractivity contribution in [1.82, 2.24) is 0 Å². The van der Waals surface area contributed by atoms with Gasteiger partial charge in [0.2, 0.25) is 0 Å². The smallest absolute Gasteiger partial charge is 0.331 e. The summed E-state index contributed by atoms with van der Waals surface area (Å²) in [7, 11) is 0. The molecule has 0 saturated heterocycles. The Labute approximate surface area is 112 Å². The van der Waals surface area contributed by atoms with Crippen molar-refractivity contribution in [2.75, 3.05) is 13.2 Å². The number of cyclic esters (lactones) is 1. The Hall–Kier alpha value is -1.40. The van der Waals surface area contributed by atoms with Crippen LogP contribution in [0, 0.1) is 0 Å². The Bertz CT molecular complexity index is 349. The van der Waals surface area contributed by atoms with Crippen molar-refractivity contribution in [3.8, 4) is 0 Å². The molecule has 1 rings (SSSR count). The Kier molecular flexibility index (Phi) is 6.52. The van der Waals surface area contributed by atoms with Crippen molar-refractivity contribution in [1.29, 1.82) is 0 Å². The van der Waals surface area contributed by atoms with Gasteiger partial charge in [-0.05, 0) is 6.42 Å². The van der Waals surface area contributed by atoms with Gasteiger partial charge in [0.25, 0.3) is 0 Å². The molecule has 1 aliphatic rings. The van der Waals surface area contributed by atoms with Gasteiger partial charge in [-0.1, -0.05) is 19.8 Å². The molecular weight excluding hydrogens is 252 g/mol. The van der Waals surface area contributed by atoms with E-state index in [2.05, 4.69) is 4.74 Å². The normalized spacial score (nSPS) is 17.6. The number of aliphatic hydroxyl groups is 2. The van der Waals surface area contributed by atoms with Gasteiger partial charge in [0, 0.05) is 18.1 Å². The molecule has 0 fully saturated rings. The number of esters is 2. The number of hydrogen-bond donors (Lipinski definition) is 2. The predicted molar refractivity (Wildman–Crippen MR) is 66.2 cm³/mol. The van der Waals surface area contributed by atoms with Gasteiger partial charge in [-0.3, -0.25) is 4.79 Å². The zero-order valence-corrected chi connectivity index (χ0v) is 11.0. The number of aliphatic hydroxyl groups excluding tert-OH is 2. The maximum absolute atomic E-state index is 11.3. The largest absolute Gasteiger partial charge is 0.463 e. The van der Waals surface area contributed by atoms with E-state index in [1.165, 1.54) is 0 Å². The second-order valence-electron chi connectivity index (χ2n) is 4.48. The van der Waals surface area contributed by atoms with Gasteiger partial charge in [0.15, 0.2) is 0 Å². The Morgan fingerprint density at radius 3 is 2.79 bits per heavy atom. The topological polar surface area (TPSA) is 93.1 Å². The first-order chi connectivity index (χ1) is 9.04. The first-order valence-electron chi connectivity index (χ1n) is 6.43. The summed E-state index contributed by atoms with van der Waals surface area (Å²) in [6.45, 7) is 1.70. The van der Waals surface area contributed by atoms with Crippen LogP contribution in [0.3, 0.4) is 0 Å². The number of ether oxygens (including phenoxy) is 2. The van der Waals surface area contributed by atoms with Gasteiger partial charge in [-0.25, -0.2) is 4.79 Å². The summed E-state index contributed by atoms with van der Waals surface area (Å²) in [5, 5.41) is 19.4. The molecule has 19 heavy (non-hydrogen) atoms. The molecule has 0 aromatic carbocycles. The van der Waals surface area contributed by atoms with Gasteiger partial charge >= 0.3 is 11.9 Å². The zero-order chi connectivity index (χ0) is 14.3. The van der Waals surface area contributed by atoms with Crippen LogP contribution in [0.4, 0.5) is 0 Å². The molecule has 0 radical (unpaired) electrons. The van der Waals surface area contributed by atoms with E-state index in [1.54, 1.807) is 0 Å². The van der Waals surface area contributed by atoms with Crippen LogP contribution in [-0.2, 0) is 19.1 Å². The molecule has 2 unspecified atom stereocenters. The van der Waals surface area contributed by atoms with E-state index in [4.69, 9.17) is 4.74 Å². The van der Waals surface area contributed by atoms with Crippen molar-refractivity contribution < 1.29 is 29.3 Å². The van der Waals surface area contributed by atoms with Gasteiger partial charge in [0.05, 0.1) is 0 Å². The highest BCUT2D eigenvalue weighted by Crippen LogP contribution is 2.14. The predicted octanol–water partition coefficient (Wildman–Crippen LogP) is 0.315. The Balaban J connectivity index is 2.26. The molecule has 1 heterocycles. The highest BCUT2D eigenvalue weighted by atomic mass is 16.5. The fraction of sp³-hybridized carbons (Fsp3) is 0.692. The first kappa shape index (κ1) is 15.7. The molecule has 6 heteroatoms. The highest BCUT2D eigenvalue weighted by molar-refractivity contribution is 5.85. The fourth-order valence-electron chi connectivity index (χ4n) is 1.67. The van der Waals surface area contributed by atoms with Crippen LogP contribution >= 0.6 is 0 Å². The molecule has 0 aliphatic carbocycles. The van der Waals surface area contributed by atoms with Crippen molar-refractivity contribution in [2.45, 2.75) is 44.8 Å². The van der Waals surface area contributed by atoms with Crippen molar-refractivity contribution in [2.24, 2.45) is 0 Å². The minimum absolute atomic E-state index is 0.0402. The summed E-state index contributed by atoms with van der Waals surface area (Å²) in [6, 6.07) is 0. The third-order valence-corrected chi connectivity index (χ3v) is 2.83. The van der Waals surface area contributed by atoms with Crippen LogP contribution in [0.5, 0.6) is 0 Å². The number of unbranched alkanes of at least 4 members (excludes halogenated alkanes) is 2. The molecule has 108 valence electrons. The van der Waals surface area contributed by atoms with Gasteiger partial charge in [-0.2, -0.15) is 0 Å². The molecule has 0 aromatic rings. The van der Waals surface area contributed by atoms with Crippen molar-refractivity contribution >= 4 is 11.9 Å². The van der Waals surface area contributed by atoms with Gasteiger partial charge in [-0.15, -0.1) is 0 Å². The monoisotopic (exact) mass is 272 g/mol. The average molecular weight is 272 g/mol. The number of rotatable bonds is 8. The van der Waals surface area contributed by atoms with E-state index >= 15 is 0 Å². The summed E-state index contributed by atoms with van der Waals surface area (Å²) in [6.07, 6.45) is 1.65. The van der Waals surface area contributed by atoms with Crippen LogP contribution in [0.2, 0.25) is 0 Å². The first-order valence-corrected chi connectivity index (χ1v) is 6.43. The second kappa shape index (κ2) is 7.91. The number of carbonyl (C=O) groups is 2. The quantitative estimate of drug-likeness (QED) is 0.488. The van der Waals surface area contributed by atoms with Crippen LogP contribution < -0.4 is 0 Å². The molecule has 0 saturated carbocycles. The highest BCUT2D eigenvalue weighted by Gasteiger charge is 2.26. The average Bonchev–Trinajstić information content (AvgIpc) is 2.82. The summed E-state index contributed by atoms with van der Waals surface area (Å²) >= 11 is 0. The third-order valence-electron chi connectivity index (χ3n) is 2.83. The maximum atomic E-state index is 11.3. The van der Waals surface area contributed by atoms with Crippen LogP contribution in [0.1, 0.15) is 32.6 Å². The fourth-order valence-corrected chi connectivity index (χ4v) is 1.67. The lowest BCUT2D eigenvalue weighted by molar-refractivity contribution is -0.148. The van der Waals surface area contributed by atoms with E-state index in [-0.39, 0.29) is 13.2 Å². The SMILES string of the molecule is CCCCCC(=O)OCC(O)C(O)C1=CC(=O)OC1. The zero-order valence-electron chi connectivity index (χ0n) is 11.0. The van der Waals surface area contributed by atoms with E-state index in [9.17, 15) is 19.8 Å². The van der Waals surface area contributed by atoms with E-state index < -0.39 is 24.1 Å². The molecule has 0 bridgehead atoms. The third kappa shape index (κ3) is 5.40. The summed E-state index contributed by atoms with van der Waals surface area (Å²) in [4.78, 5) is 22.1. The minimum Gasteiger partial charge on any atom is -0.463 e. The van der Waals surface area contributed by atoms with Gasteiger partial charge in [0.1, 0.15) is 25.4 Å². The maximum Gasteiger partial charge on any atom is 0.331 e. The minimum atomic E-state index is -1.25. The molecule has 1 aliphatic heterocycles. The summed E-state index contributed by atoms with van der Waals surface area (Å²) in [5.41, 5.74) is 0.291. The standard InChI is InChI=1S/C13H20O6/c1-2-3-4-5-11(15)19-8-10(14)13(17)9-6-12(16)18-7-9/h6,10,13-14,17H,2-5,7-8H2,1H3. The van der Waals surface area contributed by atoms with Gasteiger partial charge < -0.3 is 19.7 Å². The Morgan fingerprint density at radius 1 is 1.47 bits per heavy atom. The molecular formula is C13H20O6. The lowest BCUT2D eigenvalue weighted by Gasteiger charge is -2.17. The molecule has 6 nitrogen and oxygen atoms in total. The van der Waals surface area contributed by atoms with Crippen LogP contribution in [0.25, 0.3) is 0 Å². The summed E-state index contributed by atoms with van der Waals surface area (Å²) in [5.74, 6) is -0.940. The second-order valence-corrected chi connectivity index (χ2v) is 4.48. The van der Waals surface area contributed by atoms with Crippen molar-refractivity contribution in [3.63, 3.8) is 0 Å². The van der Waals surface area contributed by atoms with Crippen LogP contribution in [0.15, 0.2) is 11.6 Å². The summed E-state index contributed by atoms with van der Waals surface area (Å²) < 4.78 is 9.47. The number of carbonyl (C=O) groups excluding carboxylic acids is 2. The van der Waals surface area contributed by atoms with E-state index in [1.807, 2.05) is 6.92 Å². The lowest BCUT2D eigenvalue weighted by atomic mass is 10.1. The Morgan fingerprint density at radius 2 is 2.21 bits per heavy atom. The van der Waals surface area contributed by atoms with Crippen LogP contribution in [-0.4, -0.2) is 47.6 Å². The molecule has 2 atom stereocenters. The number of hydrogen-bond acceptors (Lipinski definition) is 6. The molecule has 0 aromatic heterocycles. The molecule has 0 spiro atoms. The van der Waals surface area contributed by atoms with E-state index in [0.29, 0.717) is 12.0 Å².